The van der Waals surface area contributed by atoms with Crippen molar-refractivity contribution < 1.29 is 22.7 Å². The van der Waals surface area contributed by atoms with E-state index in [0.29, 0.717) is 24.1 Å². The van der Waals surface area contributed by atoms with Gasteiger partial charge in [0.2, 0.25) is 10.0 Å². The molecule has 6 nitrogen and oxygen atoms in total. The minimum atomic E-state index is -3.86. The highest BCUT2D eigenvalue weighted by molar-refractivity contribution is 7.89. The molecule has 2 aromatic rings. The van der Waals surface area contributed by atoms with E-state index in [1.54, 1.807) is 6.92 Å². The van der Waals surface area contributed by atoms with Crippen LogP contribution in [0.2, 0.25) is 0 Å². The van der Waals surface area contributed by atoms with Gasteiger partial charge in [0.1, 0.15) is 5.82 Å². The number of sulfonamides is 1. The number of hydrogen-bond acceptors (Lipinski definition) is 4. The van der Waals surface area contributed by atoms with Gasteiger partial charge < -0.3 is 10.4 Å². The number of aliphatic hydroxyl groups excluding tert-OH is 1. The van der Waals surface area contributed by atoms with Crippen molar-refractivity contribution in [1.29, 1.82) is 0 Å². The Morgan fingerprint density at radius 1 is 1.19 bits per heavy atom. The number of aryl methyl sites for hydroxylation is 1. The molecule has 1 aliphatic rings. The molecule has 0 heterocycles. The first-order valence-corrected chi connectivity index (χ1v) is 10.1. The Hall–Kier alpha value is -2.29. The Kier molecular flexibility index (Phi) is 5.59. The monoisotopic (exact) mass is 392 g/mol. The van der Waals surface area contributed by atoms with Gasteiger partial charge in [-0.05, 0) is 68.1 Å². The summed E-state index contributed by atoms with van der Waals surface area (Å²) >= 11 is 0. The number of carbonyl (C=O) groups is 1. The van der Waals surface area contributed by atoms with Crippen LogP contribution in [-0.4, -0.2) is 31.6 Å². The van der Waals surface area contributed by atoms with Gasteiger partial charge in [-0.25, -0.2) is 17.5 Å². The van der Waals surface area contributed by atoms with Crippen molar-refractivity contribution in [2.24, 2.45) is 0 Å². The van der Waals surface area contributed by atoms with Crippen molar-refractivity contribution in [1.82, 2.24) is 4.72 Å². The molecule has 1 unspecified atom stereocenters. The van der Waals surface area contributed by atoms with Crippen molar-refractivity contribution in [3.63, 3.8) is 0 Å². The number of anilines is 1. The molecule has 1 aliphatic carbocycles. The smallest absolute Gasteiger partial charge is 0.255 e. The van der Waals surface area contributed by atoms with Gasteiger partial charge in [-0.2, -0.15) is 0 Å². The molecule has 1 amide bonds. The zero-order valence-electron chi connectivity index (χ0n) is 14.8. The third-order valence-electron chi connectivity index (χ3n) is 4.61. The average Bonchev–Trinajstić information content (AvgIpc) is 3.02. The van der Waals surface area contributed by atoms with Crippen LogP contribution in [0.5, 0.6) is 0 Å². The van der Waals surface area contributed by atoms with E-state index >= 15 is 0 Å². The Morgan fingerprint density at radius 2 is 1.96 bits per heavy atom. The number of amides is 1. The summed E-state index contributed by atoms with van der Waals surface area (Å²) in [5, 5.41) is 12.5. The fraction of sp³-hybridized carbons (Fsp3) is 0.316. The molecule has 0 spiro atoms. The predicted molar refractivity (Wildman–Crippen MR) is 99.5 cm³/mol. The number of halogens is 1. The van der Waals surface area contributed by atoms with Crippen molar-refractivity contribution in [2.45, 2.75) is 43.2 Å². The molecule has 2 aromatic carbocycles. The topological polar surface area (TPSA) is 95.5 Å². The summed E-state index contributed by atoms with van der Waals surface area (Å²) in [7, 11) is -3.86. The molecule has 1 fully saturated rings. The quantitative estimate of drug-likeness (QED) is 0.729. The maximum atomic E-state index is 13.3. The number of aliphatic hydroxyl groups is 1. The lowest BCUT2D eigenvalue weighted by Gasteiger charge is -2.17. The van der Waals surface area contributed by atoms with E-state index in [2.05, 4.69) is 10.0 Å². The second-order valence-electron chi connectivity index (χ2n) is 6.67. The van der Waals surface area contributed by atoms with Gasteiger partial charge in [-0.15, -0.1) is 0 Å². The third-order valence-corrected chi connectivity index (χ3v) is 6.10. The van der Waals surface area contributed by atoms with E-state index in [4.69, 9.17) is 0 Å². The van der Waals surface area contributed by atoms with Crippen molar-refractivity contribution >= 4 is 21.6 Å². The molecule has 0 bridgehead atoms. The normalized spacial score (nSPS) is 19.8. The predicted octanol–water partition coefficient (Wildman–Crippen LogP) is 2.58. The molecule has 8 heteroatoms. The first kappa shape index (κ1) is 19.5. The molecule has 0 radical (unpaired) electrons. The maximum Gasteiger partial charge on any atom is 0.255 e. The van der Waals surface area contributed by atoms with E-state index in [1.165, 1.54) is 42.5 Å². The highest BCUT2D eigenvalue weighted by Crippen LogP contribution is 2.22. The zero-order valence-corrected chi connectivity index (χ0v) is 15.6. The van der Waals surface area contributed by atoms with Crippen molar-refractivity contribution in [2.75, 3.05) is 5.32 Å². The summed E-state index contributed by atoms with van der Waals surface area (Å²) < 4.78 is 40.9. The Labute approximate surface area is 157 Å². The highest BCUT2D eigenvalue weighted by Gasteiger charge is 2.30. The van der Waals surface area contributed by atoms with Gasteiger partial charge in [-0.3, -0.25) is 4.79 Å². The minimum Gasteiger partial charge on any atom is -0.391 e. The molecule has 2 atom stereocenters. The lowest BCUT2D eigenvalue weighted by molar-refractivity contribution is 0.102. The summed E-state index contributed by atoms with van der Waals surface area (Å²) in [6.07, 6.45) is 1.19. The fourth-order valence-electron chi connectivity index (χ4n) is 3.08. The van der Waals surface area contributed by atoms with Crippen LogP contribution in [0.1, 0.15) is 35.2 Å². The number of rotatable bonds is 5. The van der Waals surface area contributed by atoms with Crippen LogP contribution in [0, 0.1) is 12.7 Å². The lowest BCUT2D eigenvalue weighted by atomic mass is 10.2. The van der Waals surface area contributed by atoms with Gasteiger partial charge in [0.15, 0.2) is 0 Å². The van der Waals surface area contributed by atoms with E-state index in [-0.39, 0.29) is 16.3 Å². The summed E-state index contributed by atoms with van der Waals surface area (Å²) in [4.78, 5) is 12.4. The number of nitrogens with one attached hydrogen (secondary N) is 2. The van der Waals surface area contributed by atoms with Gasteiger partial charge in [0.05, 0.1) is 11.0 Å². The largest absolute Gasteiger partial charge is 0.391 e. The Morgan fingerprint density at radius 3 is 2.63 bits per heavy atom. The first-order valence-electron chi connectivity index (χ1n) is 8.64. The van der Waals surface area contributed by atoms with Gasteiger partial charge in [0.25, 0.3) is 5.91 Å². The van der Waals surface area contributed by atoms with E-state index in [1.807, 2.05) is 0 Å². The van der Waals surface area contributed by atoms with Crippen LogP contribution in [0.4, 0.5) is 10.1 Å². The molecule has 144 valence electrons. The van der Waals surface area contributed by atoms with Crippen LogP contribution < -0.4 is 10.0 Å². The molecule has 3 N–H and O–H groups in total. The number of benzene rings is 2. The molecular weight excluding hydrogens is 371 g/mol. The van der Waals surface area contributed by atoms with Crippen molar-refractivity contribution in [3.05, 3.63) is 59.4 Å². The van der Waals surface area contributed by atoms with Crippen LogP contribution in [0.25, 0.3) is 0 Å². The SMILES string of the molecule is Cc1cc(NC(=O)c2cccc(S(=O)(=O)NC3CCC[C@H]3O)c2)ccc1F. The van der Waals surface area contributed by atoms with E-state index < -0.39 is 28.1 Å². The van der Waals surface area contributed by atoms with Crippen LogP contribution in [0.3, 0.4) is 0 Å². The maximum absolute atomic E-state index is 13.3. The second-order valence-corrected chi connectivity index (χ2v) is 8.39. The molecule has 0 saturated heterocycles. The zero-order chi connectivity index (χ0) is 19.6. The summed E-state index contributed by atoms with van der Waals surface area (Å²) in [6, 6.07) is 9.30. The first-order chi connectivity index (χ1) is 12.8. The van der Waals surface area contributed by atoms with Gasteiger partial charge in [-0.1, -0.05) is 6.07 Å². The Balaban J connectivity index is 1.77. The fourth-order valence-corrected chi connectivity index (χ4v) is 4.42. The molecule has 1 saturated carbocycles. The lowest BCUT2D eigenvalue weighted by Crippen LogP contribution is -2.39. The van der Waals surface area contributed by atoms with Gasteiger partial charge in [0, 0.05) is 17.3 Å². The standard InChI is InChI=1S/C19H21FN2O4S/c1-12-10-14(8-9-16(12)20)21-19(24)13-4-2-5-15(11-13)27(25,26)22-17-6-3-7-18(17)23/h2,4-5,8-11,17-18,22-23H,3,6-7H2,1H3,(H,21,24)/t17?,18-/m1/s1. The highest BCUT2D eigenvalue weighted by atomic mass is 32.2. The van der Waals surface area contributed by atoms with Gasteiger partial charge >= 0.3 is 0 Å². The van der Waals surface area contributed by atoms with E-state index in [0.717, 1.165) is 6.42 Å². The number of hydrogen-bond donors (Lipinski definition) is 3. The second kappa shape index (κ2) is 7.75. The van der Waals surface area contributed by atoms with Crippen LogP contribution in [-0.2, 0) is 10.0 Å². The summed E-state index contributed by atoms with van der Waals surface area (Å²) in [5.41, 5.74) is 0.967. The molecule has 0 aromatic heterocycles. The molecule has 0 aliphatic heterocycles. The molecule has 3 rings (SSSR count). The van der Waals surface area contributed by atoms with Crippen LogP contribution >= 0.6 is 0 Å². The number of carbonyl (C=O) groups excluding carboxylic acids is 1. The van der Waals surface area contributed by atoms with E-state index in [9.17, 15) is 22.7 Å². The molecular formula is C19H21FN2O4S. The Bertz CT molecular complexity index is 962. The summed E-state index contributed by atoms with van der Waals surface area (Å²) in [5.74, 6) is -0.875. The molecule has 27 heavy (non-hydrogen) atoms. The van der Waals surface area contributed by atoms with Crippen LogP contribution in [0.15, 0.2) is 47.4 Å². The summed E-state index contributed by atoms with van der Waals surface area (Å²) in [6.45, 7) is 1.58. The third kappa shape index (κ3) is 4.52. The average molecular weight is 392 g/mol. The minimum absolute atomic E-state index is 0.0514. The van der Waals surface area contributed by atoms with Crippen molar-refractivity contribution in [3.8, 4) is 0 Å².